The first-order valence-corrected chi connectivity index (χ1v) is 9.11. The molecule has 2 aromatic carbocycles. The van der Waals surface area contributed by atoms with E-state index in [1.165, 1.54) is 39.4 Å². The van der Waals surface area contributed by atoms with Crippen molar-refractivity contribution in [1.82, 2.24) is 0 Å². The molecule has 2 N–H and O–H groups in total. The fourth-order valence-electron chi connectivity index (χ4n) is 2.47. The lowest BCUT2D eigenvalue weighted by Gasteiger charge is -2.12. The zero-order chi connectivity index (χ0) is 22.8. The van der Waals surface area contributed by atoms with Gasteiger partial charge in [-0.2, -0.15) is 0 Å². The highest BCUT2D eigenvalue weighted by Crippen LogP contribution is 2.27. The van der Waals surface area contributed by atoms with Crippen LogP contribution in [0.15, 0.2) is 48.5 Å². The molecular formula is C22H22N2O7. The zero-order valence-electron chi connectivity index (χ0n) is 17.3. The lowest BCUT2D eigenvalue weighted by molar-refractivity contribution is -0.142. The molecule has 0 aromatic heterocycles. The second-order valence-electron chi connectivity index (χ2n) is 6.20. The lowest BCUT2D eigenvalue weighted by Crippen LogP contribution is -2.20. The van der Waals surface area contributed by atoms with Crippen molar-refractivity contribution < 1.29 is 33.4 Å². The van der Waals surface area contributed by atoms with Gasteiger partial charge < -0.3 is 24.8 Å². The SMILES string of the molecule is COC(=O)c1ccc(/C=C/C(=O)OCC(=O)Nc2cc(NC(C)=O)ccc2OC)cc1. The van der Waals surface area contributed by atoms with Crippen LogP contribution in [0.1, 0.15) is 22.8 Å². The number of anilines is 2. The molecule has 2 amide bonds. The van der Waals surface area contributed by atoms with Crippen molar-refractivity contribution in [3.63, 3.8) is 0 Å². The molecule has 162 valence electrons. The van der Waals surface area contributed by atoms with Gasteiger partial charge in [-0.1, -0.05) is 12.1 Å². The number of benzene rings is 2. The van der Waals surface area contributed by atoms with Crippen molar-refractivity contribution in [2.24, 2.45) is 0 Å². The molecule has 0 aliphatic carbocycles. The van der Waals surface area contributed by atoms with Crippen LogP contribution in [-0.4, -0.2) is 44.6 Å². The summed E-state index contributed by atoms with van der Waals surface area (Å²) >= 11 is 0. The Morgan fingerprint density at radius 2 is 1.68 bits per heavy atom. The number of nitrogens with one attached hydrogen (secondary N) is 2. The first-order chi connectivity index (χ1) is 14.8. The fourth-order valence-corrected chi connectivity index (χ4v) is 2.47. The van der Waals surface area contributed by atoms with Gasteiger partial charge in [0.1, 0.15) is 5.75 Å². The van der Waals surface area contributed by atoms with E-state index in [2.05, 4.69) is 15.4 Å². The number of hydrogen-bond acceptors (Lipinski definition) is 7. The van der Waals surface area contributed by atoms with E-state index in [4.69, 9.17) is 9.47 Å². The molecule has 0 unspecified atom stereocenters. The van der Waals surface area contributed by atoms with Crippen LogP contribution in [-0.2, 0) is 23.9 Å². The molecule has 0 heterocycles. The van der Waals surface area contributed by atoms with Crippen LogP contribution in [0.25, 0.3) is 6.08 Å². The highest BCUT2D eigenvalue weighted by atomic mass is 16.5. The van der Waals surface area contributed by atoms with Crippen molar-refractivity contribution in [1.29, 1.82) is 0 Å². The van der Waals surface area contributed by atoms with E-state index >= 15 is 0 Å². The molecule has 9 nitrogen and oxygen atoms in total. The molecule has 0 saturated heterocycles. The molecule has 0 saturated carbocycles. The van der Waals surface area contributed by atoms with Gasteiger partial charge >= 0.3 is 11.9 Å². The molecular weight excluding hydrogens is 404 g/mol. The summed E-state index contributed by atoms with van der Waals surface area (Å²) in [7, 11) is 2.73. The molecule has 2 rings (SSSR count). The highest BCUT2D eigenvalue weighted by Gasteiger charge is 2.11. The van der Waals surface area contributed by atoms with Gasteiger partial charge in [0, 0.05) is 18.7 Å². The van der Waals surface area contributed by atoms with Crippen LogP contribution in [0.3, 0.4) is 0 Å². The molecule has 0 atom stereocenters. The Hall–Kier alpha value is -4.14. The Kier molecular flexibility index (Phi) is 8.32. The summed E-state index contributed by atoms with van der Waals surface area (Å²) in [5.74, 6) is -1.64. The Labute approximate surface area is 179 Å². The van der Waals surface area contributed by atoms with E-state index in [9.17, 15) is 19.2 Å². The summed E-state index contributed by atoms with van der Waals surface area (Å²) < 4.78 is 14.7. The number of carbonyl (C=O) groups excluding carboxylic acids is 4. The van der Waals surface area contributed by atoms with Gasteiger partial charge in [-0.05, 0) is 42.0 Å². The fraction of sp³-hybridized carbons (Fsp3) is 0.182. The van der Waals surface area contributed by atoms with Crippen LogP contribution in [0.4, 0.5) is 11.4 Å². The third-order valence-electron chi connectivity index (χ3n) is 3.88. The van der Waals surface area contributed by atoms with E-state index in [1.54, 1.807) is 36.4 Å². The number of methoxy groups -OCH3 is 2. The van der Waals surface area contributed by atoms with E-state index < -0.39 is 24.5 Å². The van der Waals surface area contributed by atoms with Gasteiger partial charge in [0.2, 0.25) is 5.91 Å². The molecule has 0 bridgehead atoms. The zero-order valence-corrected chi connectivity index (χ0v) is 17.3. The normalized spacial score (nSPS) is 10.3. The first-order valence-electron chi connectivity index (χ1n) is 9.11. The van der Waals surface area contributed by atoms with Gasteiger partial charge in [0.15, 0.2) is 6.61 Å². The second-order valence-corrected chi connectivity index (χ2v) is 6.20. The maximum atomic E-state index is 12.1. The summed E-state index contributed by atoms with van der Waals surface area (Å²) in [5.41, 5.74) is 1.84. The summed E-state index contributed by atoms with van der Waals surface area (Å²) in [6.45, 7) is 0.848. The lowest BCUT2D eigenvalue weighted by atomic mass is 10.1. The number of esters is 2. The average molecular weight is 426 g/mol. The number of rotatable bonds is 8. The minimum absolute atomic E-state index is 0.261. The number of ether oxygens (including phenoxy) is 3. The Morgan fingerprint density at radius 3 is 2.29 bits per heavy atom. The molecule has 0 aliphatic rings. The Balaban J connectivity index is 1.90. The molecule has 31 heavy (non-hydrogen) atoms. The summed E-state index contributed by atoms with van der Waals surface area (Å²) in [6, 6.07) is 11.1. The van der Waals surface area contributed by atoms with Crippen LogP contribution in [0, 0.1) is 0 Å². The third-order valence-corrected chi connectivity index (χ3v) is 3.88. The van der Waals surface area contributed by atoms with Crippen LogP contribution in [0.2, 0.25) is 0 Å². The second kappa shape index (κ2) is 11.1. The maximum absolute atomic E-state index is 12.1. The van der Waals surface area contributed by atoms with Gasteiger partial charge in [-0.25, -0.2) is 9.59 Å². The molecule has 0 spiro atoms. The monoisotopic (exact) mass is 426 g/mol. The minimum Gasteiger partial charge on any atom is -0.495 e. The summed E-state index contributed by atoms with van der Waals surface area (Å²) in [5, 5.41) is 5.17. The molecule has 0 radical (unpaired) electrons. The van der Waals surface area contributed by atoms with Crippen molar-refractivity contribution in [2.45, 2.75) is 6.92 Å². The number of amides is 2. The van der Waals surface area contributed by atoms with E-state index in [-0.39, 0.29) is 5.91 Å². The van der Waals surface area contributed by atoms with Crippen molar-refractivity contribution >= 4 is 41.2 Å². The van der Waals surface area contributed by atoms with Gasteiger partial charge in [-0.3, -0.25) is 9.59 Å². The standard InChI is InChI=1S/C22H22N2O7/c1-14(25)23-17-9-10-19(29-2)18(12-17)24-20(26)13-31-21(27)11-6-15-4-7-16(8-5-15)22(28)30-3/h4-12H,13H2,1-3H3,(H,23,25)(H,24,26)/b11-6+. The number of carbonyl (C=O) groups is 4. The predicted molar refractivity (Wildman–Crippen MR) is 114 cm³/mol. The molecule has 9 heteroatoms. The van der Waals surface area contributed by atoms with Crippen LogP contribution in [0.5, 0.6) is 5.75 Å². The van der Waals surface area contributed by atoms with Gasteiger partial charge in [0.05, 0.1) is 25.5 Å². The summed E-state index contributed by atoms with van der Waals surface area (Å²) in [4.78, 5) is 46.6. The van der Waals surface area contributed by atoms with Crippen LogP contribution >= 0.6 is 0 Å². The van der Waals surface area contributed by atoms with E-state index in [1.807, 2.05) is 0 Å². The molecule has 2 aromatic rings. The Morgan fingerprint density at radius 1 is 0.968 bits per heavy atom. The first kappa shape index (κ1) is 23.1. The van der Waals surface area contributed by atoms with E-state index in [0.717, 1.165) is 0 Å². The topological polar surface area (TPSA) is 120 Å². The smallest absolute Gasteiger partial charge is 0.337 e. The highest BCUT2D eigenvalue weighted by molar-refractivity contribution is 5.97. The predicted octanol–water partition coefficient (Wildman–Crippen LogP) is 2.64. The largest absolute Gasteiger partial charge is 0.495 e. The van der Waals surface area contributed by atoms with Gasteiger partial charge in [0.25, 0.3) is 5.91 Å². The summed E-state index contributed by atoms with van der Waals surface area (Å²) in [6.07, 6.45) is 2.65. The minimum atomic E-state index is -0.717. The molecule has 0 aliphatic heterocycles. The average Bonchev–Trinajstić information content (AvgIpc) is 2.76. The Bertz CT molecular complexity index is 997. The quantitative estimate of drug-likeness (QED) is 0.492. The van der Waals surface area contributed by atoms with E-state index in [0.29, 0.717) is 28.3 Å². The van der Waals surface area contributed by atoms with Crippen LogP contribution < -0.4 is 15.4 Å². The third kappa shape index (κ3) is 7.32. The molecule has 0 fully saturated rings. The maximum Gasteiger partial charge on any atom is 0.337 e. The van der Waals surface area contributed by atoms with Gasteiger partial charge in [-0.15, -0.1) is 0 Å². The van der Waals surface area contributed by atoms with Crippen molar-refractivity contribution in [2.75, 3.05) is 31.5 Å². The number of hydrogen-bond donors (Lipinski definition) is 2. The van der Waals surface area contributed by atoms with Crippen molar-refractivity contribution in [3.05, 3.63) is 59.7 Å². The van der Waals surface area contributed by atoms with Crippen molar-refractivity contribution in [3.8, 4) is 5.75 Å².